The van der Waals surface area contributed by atoms with Crippen LogP contribution in [-0.2, 0) is 4.79 Å². The molecule has 0 aliphatic carbocycles. The maximum absolute atomic E-state index is 11.9. The standard InChI is InChI=1S/C16H27N3OS/c1-4-13(17)15(14-8-7-11(2)21-14)19-9-5-6-12(10-19)16(20)18-3/h7-8,12-13,15H,4-6,9-10,17H2,1-3H3,(H,18,20). The molecule has 0 spiro atoms. The number of nitrogens with two attached hydrogens (primary N) is 1. The summed E-state index contributed by atoms with van der Waals surface area (Å²) in [4.78, 5) is 17.0. The minimum atomic E-state index is 0.0939. The van der Waals surface area contributed by atoms with Gasteiger partial charge in [0.25, 0.3) is 0 Å². The first-order valence-electron chi connectivity index (χ1n) is 7.84. The predicted octanol–water partition coefficient (Wildman–Crippen LogP) is 2.29. The number of thiophene rings is 1. The number of piperidine rings is 1. The quantitative estimate of drug-likeness (QED) is 0.877. The molecular weight excluding hydrogens is 282 g/mol. The fourth-order valence-electron chi connectivity index (χ4n) is 3.17. The van der Waals surface area contributed by atoms with E-state index in [9.17, 15) is 4.79 Å². The molecule has 0 radical (unpaired) electrons. The Kier molecular flexibility index (Phi) is 5.79. The Morgan fingerprint density at radius 3 is 2.90 bits per heavy atom. The van der Waals surface area contributed by atoms with Gasteiger partial charge in [0.05, 0.1) is 12.0 Å². The van der Waals surface area contributed by atoms with E-state index in [1.54, 1.807) is 7.05 Å². The van der Waals surface area contributed by atoms with Crippen molar-refractivity contribution < 1.29 is 4.79 Å². The Hall–Kier alpha value is -0.910. The van der Waals surface area contributed by atoms with Crippen molar-refractivity contribution >= 4 is 17.2 Å². The Morgan fingerprint density at radius 2 is 2.33 bits per heavy atom. The topological polar surface area (TPSA) is 58.4 Å². The highest BCUT2D eigenvalue weighted by atomic mass is 32.1. The summed E-state index contributed by atoms with van der Waals surface area (Å²) in [5.41, 5.74) is 6.41. The zero-order valence-corrected chi connectivity index (χ0v) is 14.1. The smallest absolute Gasteiger partial charge is 0.224 e. The highest BCUT2D eigenvalue weighted by Gasteiger charge is 2.33. The third-order valence-corrected chi connectivity index (χ3v) is 5.46. The molecule has 21 heavy (non-hydrogen) atoms. The van der Waals surface area contributed by atoms with E-state index in [1.807, 2.05) is 11.3 Å². The van der Waals surface area contributed by atoms with Crippen LogP contribution in [0.4, 0.5) is 0 Å². The summed E-state index contributed by atoms with van der Waals surface area (Å²) in [6.45, 7) is 6.11. The van der Waals surface area contributed by atoms with E-state index in [1.165, 1.54) is 9.75 Å². The van der Waals surface area contributed by atoms with Gasteiger partial charge in [-0.3, -0.25) is 9.69 Å². The summed E-state index contributed by atoms with van der Waals surface area (Å²) >= 11 is 1.83. The Morgan fingerprint density at radius 1 is 1.57 bits per heavy atom. The molecule has 0 saturated carbocycles. The van der Waals surface area contributed by atoms with E-state index in [4.69, 9.17) is 5.73 Å². The molecule has 0 aromatic carbocycles. The largest absolute Gasteiger partial charge is 0.359 e. The lowest BCUT2D eigenvalue weighted by Crippen LogP contribution is -2.48. The van der Waals surface area contributed by atoms with Crippen molar-refractivity contribution in [3.05, 3.63) is 21.9 Å². The second-order valence-electron chi connectivity index (χ2n) is 5.91. The van der Waals surface area contributed by atoms with Gasteiger partial charge < -0.3 is 11.1 Å². The van der Waals surface area contributed by atoms with Gasteiger partial charge in [0.1, 0.15) is 0 Å². The maximum Gasteiger partial charge on any atom is 0.224 e. The molecule has 2 rings (SSSR count). The SMILES string of the molecule is CCC(N)C(c1ccc(C)s1)N1CCCC(C(=O)NC)C1. The lowest BCUT2D eigenvalue weighted by atomic mass is 9.93. The molecule has 3 unspecified atom stereocenters. The number of carbonyl (C=O) groups excluding carboxylic acids is 1. The van der Waals surface area contributed by atoms with Gasteiger partial charge in [-0.25, -0.2) is 0 Å². The van der Waals surface area contributed by atoms with Crippen molar-refractivity contribution in [1.29, 1.82) is 0 Å². The molecule has 1 amide bonds. The Bertz CT molecular complexity index is 474. The van der Waals surface area contributed by atoms with Gasteiger partial charge in [-0.1, -0.05) is 6.92 Å². The van der Waals surface area contributed by atoms with Crippen molar-refractivity contribution in [2.45, 2.75) is 45.2 Å². The predicted molar refractivity (Wildman–Crippen MR) is 88.4 cm³/mol. The molecule has 1 aliphatic heterocycles. The lowest BCUT2D eigenvalue weighted by Gasteiger charge is -2.39. The molecule has 118 valence electrons. The number of hydrogen-bond acceptors (Lipinski definition) is 4. The van der Waals surface area contributed by atoms with Crippen molar-refractivity contribution in [2.75, 3.05) is 20.1 Å². The number of amides is 1. The zero-order valence-electron chi connectivity index (χ0n) is 13.3. The number of likely N-dealkylation sites (tertiary alicyclic amines) is 1. The summed E-state index contributed by atoms with van der Waals surface area (Å²) in [5, 5.41) is 2.79. The van der Waals surface area contributed by atoms with Gasteiger partial charge in [-0.2, -0.15) is 0 Å². The molecule has 3 N–H and O–H groups in total. The molecule has 2 heterocycles. The van der Waals surface area contributed by atoms with Crippen molar-refractivity contribution in [3.8, 4) is 0 Å². The lowest BCUT2D eigenvalue weighted by molar-refractivity contribution is -0.126. The summed E-state index contributed by atoms with van der Waals surface area (Å²) in [6.07, 6.45) is 2.99. The van der Waals surface area contributed by atoms with Crippen LogP contribution >= 0.6 is 11.3 Å². The maximum atomic E-state index is 11.9. The normalized spacial score (nSPS) is 22.8. The highest BCUT2D eigenvalue weighted by molar-refractivity contribution is 7.12. The fourth-order valence-corrected chi connectivity index (χ4v) is 4.26. The van der Waals surface area contributed by atoms with Crippen molar-refractivity contribution in [3.63, 3.8) is 0 Å². The van der Waals surface area contributed by atoms with Gasteiger partial charge in [0.15, 0.2) is 0 Å². The van der Waals surface area contributed by atoms with E-state index in [0.29, 0.717) is 0 Å². The second kappa shape index (κ2) is 7.38. The molecule has 1 aromatic heterocycles. The first kappa shape index (κ1) is 16.5. The Balaban J connectivity index is 2.18. The average molecular weight is 309 g/mol. The first-order chi connectivity index (χ1) is 10.1. The molecular formula is C16H27N3OS. The third-order valence-electron chi connectivity index (χ3n) is 4.39. The minimum absolute atomic E-state index is 0.0939. The number of rotatable bonds is 5. The van der Waals surface area contributed by atoms with Crippen molar-refractivity contribution in [1.82, 2.24) is 10.2 Å². The number of aryl methyl sites for hydroxylation is 1. The molecule has 1 aromatic rings. The van der Waals surface area contributed by atoms with E-state index >= 15 is 0 Å². The number of nitrogens with zero attached hydrogens (tertiary/aromatic N) is 1. The van der Waals surface area contributed by atoms with Crippen LogP contribution in [-0.4, -0.2) is 37.0 Å². The monoisotopic (exact) mass is 309 g/mol. The van der Waals surface area contributed by atoms with Crippen molar-refractivity contribution in [2.24, 2.45) is 11.7 Å². The number of hydrogen-bond donors (Lipinski definition) is 2. The summed E-state index contributed by atoms with van der Waals surface area (Å²) in [7, 11) is 1.72. The summed E-state index contributed by atoms with van der Waals surface area (Å²) in [6, 6.07) is 4.71. The highest BCUT2D eigenvalue weighted by Crippen LogP contribution is 2.33. The van der Waals surface area contributed by atoms with Crippen LogP contribution in [0.3, 0.4) is 0 Å². The van der Waals surface area contributed by atoms with Gasteiger partial charge in [0, 0.05) is 29.4 Å². The number of nitrogens with one attached hydrogen (secondary N) is 1. The summed E-state index contributed by atoms with van der Waals surface area (Å²) < 4.78 is 0. The second-order valence-corrected chi connectivity index (χ2v) is 7.23. The zero-order chi connectivity index (χ0) is 15.4. The molecule has 5 heteroatoms. The molecule has 1 aliphatic rings. The van der Waals surface area contributed by atoms with Gasteiger partial charge in [-0.05, 0) is 44.9 Å². The van der Waals surface area contributed by atoms with Crippen LogP contribution in [0, 0.1) is 12.8 Å². The first-order valence-corrected chi connectivity index (χ1v) is 8.66. The van der Waals surface area contributed by atoms with E-state index in [-0.39, 0.29) is 23.9 Å². The van der Waals surface area contributed by atoms with Gasteiger partial charge in [-0.15, -0.1) is 11.3 Å². The van der Waals surface area contributed by atoms with Gasteiger partial charge in [0.2, 0.25) is 5.91 Å². The molecule has 4 nitrogen and oxygen atoms in total. The number of carbonyl (C=O) groups is 1. The fraction of sp³-hybridized carbons (Fsp3) is 0.688. The Labute approximate surface area is 131 Å². The molecule has 1 saturated heterocycles. The third kappa shape index (κ3) is 3.84. The molecule has 1 fully saturated rings. The van der Waals surface area contributed by atoms with E-state index < -0.39 is 0 Å². The molecule has 0 bridgehead atoms. The van der Waals surface area contributed by atoms with E-state index in [2.05, 4.69) is 36.2 Å². The minimum Gasteiger partial charge on any atom is -0.359 e. The molecule has 3 atom stereocenters. The van der Waals surface area contributed by atoms with Crippen LogP contribution in [0.1, 0.15) is 42.0 Å². The van der Waals surface area contributed by atoms with E-state index in [0.717, 1.165) is 32.4 Å². The summed E-state index contributed by atoms with van der Waals surface area (Å²) in [5.74, 6) is 0.252. The van der Waals surface area contributed by atoms with Crippen LogP contribution in [0.15, 0.2) is 12.1 Å². The van der Waals surface area contributed by atoms with Crippen LogP contribution in [0.25, 0.3) is 0 Å². The average Bonchev–Trinajstić information content (AvgIpc) is 2.92. The van der Waals surface area contributed by atoms with Gasteiger partial charge >= 0.3 is 0 Å². The van der Waals surface area contributed by atoms with Crippen LogP contribution in [0.5, 0.6) is 0 Å². The van der Waals surface area contributed by atoms with Crippen LogP contribution < -0.4 is 11.1 Å². The van der Waals surface area contributed by atoms with Crippen LogP contribution in [0.2, 0.25) is 0 Å².